The summed E-state index contributed by atoms with van der Waals surface area (Å²) in [4.78, 5) is 0. The van der Waals surface area contributed by atoms with Crippen LogP contribution in [0, 0.1) is 5.82 Å². The summed E-state index contributed by atoms with van der Waals surface area (Å²) in [6, 6.07) is 5.64. The molecule has 0 radical (unpaired) electrons. The van der Waals surface area contributed by atoms with Crippen molar-refractivity contribution in [2.24, 2.45) is 0 Å². The van der Waals surface area contributed by atoms with Crippen LogP contribution in [0.1, 0.15) is 17.5 Å². The Morgan fingerprint density at radius 1 is 1.47 bits per heavy atom. The highest BCUT2D eigenvalue weighted by Crippen LogP contribution is 2.18. The predicted octanol–water partition coefficient (Wildman–Crippen LogP) is 1.26. The number of rotatable bonds is 4. The first-order valence-electron chi connectivity index (χ1n) is 5.42. The lowest BCUT2D eigenvalue weighted by atomic mass is 9.93. The van der Waals surface area contributed by atoms with E-state index in [1.807, 2.05) is 6.07 Å². The van der Waals surface area contributed by atoms with E-state index in [-0.39, 0.29) is 12.4 Å². The zero-order valence-electron chi connectivity index (χ0n) is 8.67. The van der Waals surface area contributed by atoms with Gasteiger partial charge in [-0.25, -0.2) is 4.39 Å². The Bertz CT molecular complexity index is 336. The standard InChI is InChI=1S/C12H16FNO/c13-12-3-1-2-9(11(12)5-7-15)8-10-4-6-14-10/h1-3,10,14-15H,4-8H2. The average molecular weight is 209 g/mol. The minimum atomic E-state index is -0.194. The first-order chi connectivity index (χ1) is 7.31. The van der Waals surface area contributed by atoms with Crippen LogP contribution in [0.4, 0.5) is 4.39 Å². The molecule has 0 saturated carbocycles. The quantitative estimate of drug-likeness (QED) is 0.782. The molecule has 0 bridgehead atoms. The number of aliphatic hydroxyl groups is 1. The van der Waals surface area contributed by atoms with Crippen molar-refractivity contribution >= 4 is 0 Å². The molecular weight excluding hydrogens is 193 g/mol. The second-order valence-electron chi connectivity index (χ2n) is 3.99. The molecule has 15 heavy (non-hydrogen) atoms. The third kappa shape index (κ3) is 2.36. The van der Waals surface area contributed by atoms with Crippen LogP contribution in [0.25, 0.3) is 0 Å². The minimum absolute atomic E-state index is 0.00598. The summed E-state index contributed by atoms with van der Waals surface area (Å²) >= 11 is 0. The van der Waals surface area contributed by atoms with Crippen molar-refractivity contribution in [1.82, 2.24) is 5.32 Å². The lowest BCUT2D eigenvalue weighted by Crippen LogP contribution is -2.44. The number of hydrogen-bond donors (Lipinski definition) is 2. The molecular formula is C12H16FNO. The van der Waals surface area contributed by atoms with Gasteiger partial charge in [0.05, 0.1) is 0 Å². The minimum Gasteiger partial charge on any atom is -0.396 e. The van der Waals surface area contributed by atoms with Gasteiger partial charge in [0.15, 0.2) is 0 Å². The first-order valence-corrected chi connectivity index (χ1v) is 5.42. The molecule has 82 valence electrons. The van der Waals surface area contributed by atoms with E-state index >= 15 is 0 Å². The van der Waals surface area contributed by atoms with Gasteiger partial charge in [0.25, 0.3) is 0 Å². The zero-order valence-corrected chi connectivity index (χ0v) is 8.67. The number of nitrogens with one attached hydrogen (secondary N) is 1. The van der Waals surface area contributed by atoms with E-state index in [1.165, 1.54) is 6.07 Å². The third-order valence-electron chi connectivity index (χ3n) is 2.97. The Kier molecular flexibility index (Phi) is 3.34. The van der Waals surface area contributed by atoms with Crippen molar-refractivity contribution in [2.75, 3.05) is 13.2 Å². The maximum atomic E-state index is 13.5. The average Bonchev–Trinajstić information content (AvgIpc) is 2.16. The van der Waals surface area contributed by atoms with Crippen LogP contribution < -0.4 is 5.32 Å². The van der Waals surface area contributed by atoms with Gasteiger partial charge in [-0.3, -0.25) is 0 Å². The number of hydrogen-bond acceptors (Lipinski definition) is 2. The highest BCUT2D eigenvalue weighted by molar-refractivity contribution is 5.30. The van der Waals surface area contributed by atoms with Crippen molar-refractivity contribution in [3.05, 3.63) is 35.1 Å². The molecule has 2 N–H and O–H groups in total. The van der Waals surface area contributed by atoms with Gasteiger partial charge in [0.2, 0.25) is 0 Å². The molecule has 2 rings (SSSR count). The van der Waals surface area contributed by atoms with Crippen LogP contribution in [-0.2, 0) is 12.8 Å². The summed E-state index contributed by atoms with van der Waals surface area (Å²) < 4.78 is 13.5. The Hall–Kier alpha value is -0.930. The van der Waals surface area contributed by atoms with Gasteiger partial charge in [-0.2, -0.15) is 0 Å². The predicted molar refractivity (Wildman–Crippen MR) is 57.3 cm³/mol. The van der Waals surface area contributed by atoms with Gasteiger partial charge in [0, 0.05) is 12.6 Å². The van der Waals surface area contributed by atoms with Crippen molar-refractivity contribution in [3.63, 3.8) is 0 Å². The highest BCUT2D eigenvalue weighted by Gasteiger charge is 2.18. The second kappa shape index (κ2) is 4.73. The molecule has 0 spiro atoms. The lowest BCUT2D eigenvalue weighted by Gasteiger charge is -2.28. The van der Waals surface area contributed by atoms with Gasteiger partial charge in [-0.15, -0.1) is 0 Å². The Morgan fingerprint density at radius 3 is 2.87 bits per heavy atom. The summed E-state index contributed by atoms with van der Waals surface area (Å²) in [6.45, 7) is 1.07. The molecule has 1 atom stereocenters. The fourth-order valence-corrected chi connectivity index (χ4v) is 1.97. The molecule has 0 aliphatic carbocycles. The molecule has 1 aliphatic heterocycles. The normalized spacial score (nSPS) is 20.0. The van der Waals surface area contributed by atoms with Crippen LogP contribution in [0.2, 0.25) is 0 Å². The van der Waals surface area contributed by atoms with Gasteiger partial charge in [-0.1, -0.05) is 12.1 Å². The van der Waals surface area contributed by atoms with Crippen LogP contribution in [0.5, 0.6) is 0 Å². The second-order valence-corrected chi connectivity index (χ2v) is 3.99. The van der Waals surface area contributed by atoms with E-state index in [0.29, 0.717) is 18.0 Å². The van der Waals surface area contributed by atoms with Crippen LogP contribution in [0.3, 0.4) is 0 Å². The fraction of sp³-hybridized carbons (Fsp3) is 0.500. The smallest absolute Gasteiger partial charge is 0.126 e. The Labute approximate surface area is 89.1 Å². The third-order valence-corrected chi connectivity index (χ3v) is 2.97. The summed E-state index contributed by atoms with van der Waals surface area (Å²) in [6.07, 6.45) is 2.44. The van der Waals surface area contributed by atoms with Crippen molar-refractivity contribution in [3.8, 4) is 0 Å². The molecule has 1 unspecified atom stereocenters. The Balaban J connectivity index is 2.15. The molecule has 0 aromatic heterocycles. The van der Waals surface area contributed by atoms with Crippen molar-refractivity contribution < 1.29 is 9.50 Å². The van der Waals surface area contributed by atoms with E-state index in [9.17, 15) is 4.39 Å². The van der Waals surface area contributed by atoms with Gasteiger partial charge >= 0.3 is 0 Å². The molecule has 2 nitrogen and oxygen atoms in total. The summed E-state index contributed by atoms with van der Waals surface area (Å²) in [5, 5.41) is 12.2. The van der Waals surface area contributed by atoms with E-state index in [2.05, 4.69) is 5.32 Å². The number of aliphatic hydroxyl groups excluding tert-OH is 1. The monoisotopic (exact) mass is 209 g/mol. The molecule has 1 heterocycles. The SMILES string of the molecule is OCCc1c(F)cccc1CC1CCN1. The van der Waals surface area contributed by atoms with E-state index in [4.69, 9.17) is 5.11 Å². The van der Waals surface area contributed by atoms with Crippen LogP contribution in [-0.4, -0.2) is 24.3 Å². The molecule has 1 fully saturated rings. The van der Waals surface area contributed by atoms with E-state index < -0.39 is 0 Å². The first kappa shape index (κ1) is 10.6. The molecule has 1 saturated heterocycles. The van der Waals surface area contributed by atoms with Gasteiger partial charge in [-0.05, 0) is 43.0 Å². The van der Waals surface area contributed by atoms with E-state index in [0.717, 1.165) is 24.9 Å². The molecule has 1 aromatic carbocycles. The number of halogens is 1. The van der Waals surface area contributed by atoms with Gasteiger partial charge in [0.1, 0.15) is 5.82 Å². The van der Waals surface area contributed by atoms with Crippen LogP contribution >= 0.6 is 0 Å². The molecule has 1 aliphatic rings. The summed E-state index contributed by atoms with van der Waals surface area (Å²) in [7, 11) is 0. The topological polar surface area (TPSA) is 32.3 Å². The fourth-order valence-electron chi connectivity index (χ4n) is 1.97. The molecule has 0 amide bonds. The maximum absolute atomic E-state index is 13.5. The van der Waals surface area contributed by atoms with Crippen molar-refractivity contribution in [2.45, 2.75) is 25.3 Å². The molecule has 1 aromatic rings. The summed E-state index contributed by atoms with van der Waals surface area (Å²) in [5.41, 5.74) is 1.70. The number of benzene rings is 1. The lowest BCUT2D eigenvalue weighted by molar-refractivity contribution is 0.296. The largest absolute Gasteiger partial charge is 0.396 e. The highest BCUT2D eigenvalue weighted by atomic mass is 19.1. The van der Waals surface area contributed by atoms with Crippen molar-refractivity contribution in [1.29, 1.82) is 0 Å². The molecule has 3 heteroatoms. The van der Waals surface area contributed by atoms with E-state index in [1.54, 1.807) is 6.07 Å². The van der Waals surface area contributed by atoms with Gasteiger partial charge < -0.3 is 10.4 Å². The zero-order chi connectivity index (χ0) is 10.7. The van der Waals surface area contributed by atoms with Crippen LogP contribution in [0.15, 0.2) is 18.2 Å². The summed E-state index contributed by atoms with van der Waals surface area (Å²) in [5.74, 6) is -0.194. The Morgan fingerprint density at radius 2 is 2.27 bits per heavy atom. The maximum Gasteiger partial charge on any atom is 0.126 e.